The van der Waals surface area contributed by atoms with E-state index in [9.17, 15) is 18.7 Å². The highest BCUT2D eigenvalue weighted by Crippen LogP contribution is 2.20. The van der Waals surface area contributed by atoms with Crippen LogP contribution in [0.25, 0.3) is 0 Å². The third kappa shape index (κ3) is 10.2. The molecule has 1 saturated heterocycles. The number of ether oxygens (including phenoxy) is 1. The van der Waals surface area contributed by atoms with Crippen LogP contribution in [0.5, 0.6) is 0 Å². The summed E-state index contributed by atoms with van der Waals surface area (Å²) in [7, 11) is 0. The van der Waals surface area contributed by atoms with Crippen LogP contribution >= 0.6 is 0 Å². The zero-order valence-corrected chi connectivity index (χ0v) is 24.3. The molecule has 0 radical (unpaired) electrons. The smallest absolute Gasteiger partial charge is 0.237 e. The van der Waals surface area contributed by atoms with Gasteiger partial charge in [0.1, 0.15) is 11.6 Å². The van der Waals surface area contributed by atoms with Gasteiger partial charge in [-0.05, 0) is 67.3 Å². The first-order valence-corrected chi connectivity index (χ1v) is 14.9. The van der Waals surface area contributed by atoms with Crippen LogP contribution in [-0.2, 0) is 28.9 Å². The van der Waals surface area contributed by atoms with Crippen LogP contribution in [0.4, 0.5) is 8.78 Å². The Bertz CT molecular complexity index is 1030. The lowest BCUT2D eigenvalue weighted by molar-refractivity contribution is -0.129. The van der Waals surface area contributed by atoms with Gasteiger partial charge in [-0.1, -0.05) is 51.5 Å². The monoisotopic (exact) mass is 559 g/mol. The molecule has 6 nitrogen and oxygen atoms in total. The molecule has 3 N–H and O–H groups in total. The van der Waals surface area contributed by atoms with Gasteiger partial charge in [0, 0.05) is 38.9 Å². The highest BCUT2D eigenvalue weighted by molar-refractivity contribution is 5.82. The molecule has 8 heteroatoms. The number of hydrogen-bond donors (Lipinski definition) is 3. The Morgan fingerprint density at radius 3 is 2.38 bits per heavy atom. The first-order chi connectivity index (χ1) is 19.3. The zero-order chi connectivity index (χ0) is 28.9. The standard InChI is InChI=1S/C32H47F2N3O3/c1-4-8-30(37-13-11-28(12-14-37)40-15-5-2)32(39)36-29(19-25-17-26(33)20-27(34)18-25)31(38)22-35-21-24-10-7-9-23(6-3)16-24/h7,9-10,16-18,20,28-31,35,38H,4-6,8,11-15,19,21-22H2,1-3H3,(H,36,39)/t29-,30-,31+/m0/s1. The molecular formula is C32H47F2N3O3. The summed E-state index contributed by atoms with van der Waals surface area (Å²) in [6.45, 7) is 9.33. The predicted octanol–water partition coefficient (Wildman–Crippen LogP) is 4.76. The number of carbonyl (C=O) groups is 1. The Hall–Kier alpha value is -2.39. The fraction of sp³-hybridized carbons (Fsp3) is 0.594. The number of hydrogen-bond acceptors (Lipinski definition) is 5. The lowest BCUT2D eigenvalue weighted by atomic mass is 9.98. The number of halogens is 2. The summed E-state index contributed by atoms with van der Waals surface area (Å²) in [5.41, 5.74) is 2.73. The van der Waals surface area contributed by atoms with Crippen LogP contribution in [0.1, 0.15) is 69.6 Å². The Balaban J connectivity index is 1.68. The fourth-order valence-electron chi connectivity index (χ4n) is 5.40. The van der Waals surface area contributed by atoms with E-state index in [4.69, 9.17) is 4.74 Å². The van der Waals surface area contributed by atoms with Crippen molar-refractivity contribution in [2.24, 2.45) is 0 Å². The first-order valence-electron chi connectivity index (χ1n) is 14.9. The van der Waals surface area contributed by atoms with Crippen molar-refractivity contribution in [3.63, 3.8) is 0 Å². The number of aryl methyl sites for hydroxylation is 1. The Morgan fingerprint density at radius 2 is 1.73 bits per heavy atom. The first kappa shape index (κ1) is 32.1. The van der Waals surface area contributed by atoms with E-state index in [1.165, 1.54) is 17.7 Å². The molecule has 0 aromatic heterocycles. The van der Waals surface area contributed by atoms with E-state index in [-0.39, 0.29) is 31.0 Å². The Morgan fingerprint density at radius 1 is 1.02 bits per heavy atom. The lowest BCUT2D eigenvalue weighted by Gasteiger charge is -2.37. The highest BCUT2D eigenvalue weighted by Gasteiger charge is 2.32. The van der Waals surface area contributed by atoms with Gasteiger partial charge in [-0.2, -0.15) is 0 Å². The molecule has 1 aliphatic rings. The van der Waals surface area contributed by atoms with E-state index in [2.05, 4.69) is 48.4 Å². The van der Waals surface area contributed by atoms with E-state index in [1.807, 2.05) is 12.1 Å². The second-order valence-corrected chi connectivity index (χ2v) is 10.9. The number of amides is 1. The molecule has 1 heterocycles. The summed E-state index contributed by atoms with van der Waals surface area (Å²) < 4.78 is 33.8. The fourth-order valence-corrected chi connectivity index (χ4v) is 5.40. The summed E-state index contributed by atoms with van der Waals surface area (Å²) in [5, 5.41) is 17.5. The predicted molar refractivity (Wildman–Crippen MR) is 155 cm³/mol. The molecule has 0 saturated carbocycles. The number of piperidine rings is 1. The molecule has 0 unspecified atom stereocenters. The third-order valence-electron chi connectivity index (χ3n) is 7.59. The van der Waals surface area contributed by atoms with Gasteiger partial charge in [-0.3, -0.25) is 9.69 Å². The molecule has 1 amide bonds. The Kier molecular flexibility index (Phi) is 13.5. The van der Waals surface area contributed by atoms with E-state index < -0.39 is 23.8 Å². The van der Waals surface area contributed by atoms with Crippen molar-refractivity contribution in [1.82, 2.24) is 15.5 Å². The number of rotatable bonds is 16. The summed E-state index contributed by atoms with van der Waals surface area (Å²) in [5.74, 6) is -1.52. The van der Waals surface area contributed by atoms with E-state index in [0.29, 0.717) is 18.5 Å². The third-order valence-corrected chi connectivity index (χ3v) is 7.59. The minimum atomic E-state index is -0.958. The second-order valence-electron chi connectivity index (χ2n) is 10.9. The molecule has 0 spiro atoms. The summed E-state index contributed by atoms with van der Waals surface area (Å²) in [4.78, 5) is 15.8. The number of carbonyl (C=O) groups excluding carboxylic acids is 1. The van der Waals surface area contributed by atoms with Gasteiger partial charge in [0.05, 0.1) is 24.3 Å². The van der Waals surface area contributed by atoms with Crippen molar-refractivity contribution in [1.29, 1.82) is 0 Å². The van der Waals surface area contributed by atoms with E-state index >= 15 is 0 Å². The highest BCUT2D eigenvalue weighted by atomic mass is 19.1. The van der Waals surface area contributed by atoms with Crippen molar-refractivity contribution >= 4 is 5.91 Å². The lowest BCUT2D eigenvalue weighted by Crippen LogP contribution is -2.56. The van der Waals surface area contributed by atoms with E-state index in [1.54, 1.807) is 0 Å². The summed E-state index contributed by atoms with van der Waals surface area (Å²) >= 11 is 0. The minimum absolute atomic E-state index is 0.111. The van der Waals surface area contributed by atoms with E-state index in [0.717, 1.165) is 63.4 Å². The largest absolute Gasteiger partial charge is 0.390 e. The van der Waals surface area contributed by atoms with Crippen LogP contribution in [0.2, 0.25) is 0 Å². The molecule has 222 valence electrons. The van der Waals surface area contributed by atoms with Crippen molar-refractivity contribution < 1.29 is 23.4 Å². The molecule has 3 rings (SSSR count). The number of nitrogens with one attached hydrogen (secondary N) is 2. The van der Waals surface area contributed by atoms with Crippen LogP contribution in [0.3, 0.4) is 0 Å². The molecule has 1 fully saturated rings. The topological polar surface area (TPSA) is 73.8 Å². The summed E-state index contributed by atoms with van der Waals surface area (Å²) in [6, 6.07) is 10.5. The van der Waals surface area contributed by atoms with Gasteiger partial charge < -0.3 is 20.5 Å². The molecule has 0 aliphatic carbocycles. The zero-order valence-electron chi connectivity index (χ0n) is 24.3. The SMILES string of the molecule is CCCOC1CCN([C@@H](CCC)C(=O)N[C@@H](Cc2cc(F)cc(F)c2)[C@H](O)CNCc2cccc(CC)c2)CC1. The normalized spacial score (nSPS) is 16.9. The minimum Gasteiger partial charge on any atom is -0.390 e. The van der Waals surface area contributed by atoms with Gasteiger partial charge in [-0.25, -0.2) is 8.78 Å². The van der Waals surface area contributed by atoms with Crippen molar-refractivity contribution in [3.05, 3.63) is 70.8 Å². The molecule has 2 aromatic carbocycles. The van der Waals surface area contributed by atoms with Gasteiger partial charge >= 0.3 is 0 Å². The molecule has 0 bridgehead atoms. The molecular weight excluding hydrogens is 512 g/mol. The maximum absolute atomic E-state index is 14.0. The van der Waals surface area contributed by atoms with Gasteiger partial charge in [0.15, 0.2) is 0 Å². The average molecular weight is 560 g/mol. The van der Waals surface area contributed by atoms with Gasteiger partial charge in [0.25, 0.3) is 0 Å². The molecule has 1 aliphatic heterocycles. The van der Waals surface area contributed by atoms with Crippen molar-refractivity contribution in [2.75, 3.05) is 26.2 Å². The van der Waals surface area contributed by atoms with Gasteiger partial charge in [0.2, 0.25) is 5.91 Å². The maximum Gasteiger partial charge on any atom is 0.237 e. The maximum atomic E-state index is 14.0. The van der Waals surface area contributed by atoms with Crippen LogP contribution in [0.15, 0.2) is 42.5 Å². The number of aliphatic hydroxyl groups excluding tert-OH is 1. The molecule has 40 heavy (non-hydrogen) atoms. The average Bonchev–Trinajstić information content (AvgIpc) is 2.94. The van der Waals surface area contributed by atoms with Crippen LogP contribution in [-0.4, -0.2) is 66.4 Å². The van der Waals surface area contributed by atoms with Crippen LogP contribution < -0.4 is 10.6 Å². The number of aliphatic hydroxyl groups is 1. The molecule has 3 atom stereocenters. The van der Waals surface area contributed by atoms with Crippen molar-refractivity contribution in [2.45, 2.75) is 96.6 Å². The quantitative estimate of drug-likeness (QED) is 0.277. The van der Waals surface area contributed by atoms with Crippen LogP contribution in [0, 0.1) is 11.6 Å². The summed E-state index contributed by atoms with van der Waals surface area (Å²) in [6.07, 6.45) is 4.60. The number of likely N-dealkylation sites (tertiary alicyclic amines) is 1. The molecule has 2 aromatic rings. The second kappa shape index (κ2) is 16.8. The number of benzene rings is 2. The van der Waals surface area contributed by atoms with Crippen molar-refractivity contribution in [3.8, 4) is 0 Å². The van der Waals surface area contributed by atoms with Gasteiger partial charge in [-0.15, -0.1) is 0 Å². The Labute approximate surface area is 238 Å². The number of nitrogens with zero attached hydrogens (tertiary/aromatic N) is 1.